The zero-order chi connectivity index (χ0) is 14.0. The fourth-order valence-corrected chi connectivity index (χ4v) is 1.79. The summed E-state index contributed by atoms with van der Waals surface area (Å²) in [6.07, 6.45) is -2.94. The van der Waals surface area contributed by atoms with Gasteiger partial charge in [0.2, 0.25) is 0 Å². The maximum absolute atomic E-state index is 12.9. The average molecular weight is 267 g/mol. The molecule has 1 aromatic carbocycles. The monoisotopic (exact) mass is 267 g/mol. The van der Waals surface area contributed by atoms with Crippen LogP contribution in [0.1, 0.15) is 33.7 Å². The van der Waals surface area contributed by atoms with Gasteiger partial charge in [-0.25, -0.2) is 18.3 Å². The van der Waals surface area contributed by atoms with E-state index in [2.05, 4.69) is 10.3 Å². The first-order valence-electron chi connectivity index (χ1n) is 5.49. The van der Waals surface area contributed by atoms with Crippen molar-refractivity contribution in [3.63, 3.8) is 0 Å². The van der Waals surface area contributed by atoms with Gasteiger partial charge < -0.3 is 5.11 Å². The van der Waals surface area contributed by atoms with Crippen LogP contribution in [0, 0.1) is 6.92 Å². The van der Waals surface area contributed by atoms with Crippen LogP contribution in [0.15, 0.2) is 24.3 Å². The molecule has 0 bridgehead atoms. The van der Waals surface area contributed by atoms with Crippen LogP contribution >= 0.6 is 0 Å². The molecule has 7 heteroatoms. The van der Waals surface area contributed by atoms with Crippen molar-refractivity contribution in [2.24, 2.45) is 0 Å². The number of alkyl halides is 2. The van der Waals surface area contributed by atoms with Gasteiger partial charge in [0.25, 0.3) is 6.43 Å². The molecule has 100 valence electrons. The lowest BCUT2D eigenvalue weighted by Gasteiger charge is -2.06. The van der Waals surface area contributed by atoms with Gasteiger partial charge >= 0.3 is 5.97 Å². The molecule has 1 aromatic heterocycles. The Balaban J connectivity index is 2.38. The van der Waals surface area contributed by atoms with Gasteiger partial charge in [-0.05, 0) is 12.5 Å². The Kier molecular flexibility index (Phi) is 3.55. The molecule has 0 saturated heterocycles. The lowest BCUT2D eigenvalue weighted by Crippen LogP contribution is -2.10. The highest BCUT2D eigenvalue weighted by Gasteiger charge is 2.26. The summed E-state index contributed by atoms with van der Waals surface area (Å²) in [7, 11) is 0. The first-order valence-corrected chi connectivity index (χ1v) is 5.49. The van der Waals surface area contributed by atoms with E-state index in [1.165, 1.54) is 0 Å². The number of carbonyl (C=O) groups is 1. The van der Waals surface area contributed by atoms with Crippen LogP contribution in [0.4, 0.5) is 8.78 Å². The SMILES string of the molecule is Cc1cccc(Cn2nnc(C(=O)O)c2C(F)F)c1. The van der Waals surface area contributed by atoms with Gasteiger partial charge in [0, 0.05) is 0 Å². The van der Waals surface area contributed by atoms with E-state index in [4.69, 9.17) is 5.11 Å². The molecule has 0 fully saturated rings. The van der Waals surface area contributed by atoms with E-state index < -0.39 is 23.8 Å². The van der Waals surface area contributed by atoms with Crippen molar-refractivity contribution in [2.45, 2.75) is 19.9 Å². The minimum absolute atomic E-state index is 0.0572. The molecule has 0 spiro atoms. The summed E-state index contributed by atoms with van der Waals surface area (Å²) in [6, 6.07) is 7.24. The number of nitrogens with zero attached hydrogens (tertiary/aromatic N) is 3. The van der Waals surface area contributed by atoms with Crippen LogP contribution in [0.3, 0.4) is 0 Å². The number of carboxylic acid groups (broad SMARTS) is 1. The lowest BCUT2D eigenvalue weighted by atomic mass is 10.1. The van der Waals surface area contributed by atoms with Crippen LogP contribution in [-0.2, 0) is 6.54 Å². The van der Waals surface area contributed by atoms with Gasteiger partial charge in [0.15, 0.2) is 5.69 Å². The van der Waals surface area contributed by atoms with Crippen LogP contribution in [0.5, 0.6) is 0 Å². The van der Waals surface area contributed by atoms with Crippen molar-refractivity contribution in [1.29, 1.82) is 0 Å². The van der Waals surface area contributed by atoms with Gasteiger partial charge in [-0.2, -0.15) is 0 Å². The number of halogens is 2. The Bertz CT molecular complexity index is 611. The lowest BCUT2D eigenvalue weighted by molar-refractivity contribution is 0.0675. The fraction of sp³-hybridized carbons (Fsp3) is 0.250. The van der Waals surface area contributed by atoms with Gasteiger partial charge in [0.1, 0.15) is 5.69 Å². The largest absolute Gasteiger partial charge is 0.476 e. The van der Waals surface area contributed by atoms with Crippen molar-refractivity contribution >= 4 is 5.97 Å². The molecule has 0 aliphatic carbocycles. The third kappa shape index (κ3) is 2.75. The Morgan fingerprint density at radius 3 is 2.79 bits per heavy atom. The van der Waals surface area contributed by atoms with Crippen molar-refractivity contribution in [3.05, 3.63) is 46.8 Å². The first-order chi connectivity index (χ1) is 8.99. The zero-order valence-electron chi connectivity index (χ0n) is 10.0. The zero-order valence-corrected chi connectivity index (χ0v) is 10.0. The predicted molar refractivity (Wildman–Crippen MR) is 62.2 cm³/mol. The molecule has 0 saturated carbocycles. The Labute approximate surface area is 107 Å². The third-order valence-corrected chi connectivity index (χ3v) is 2.60. The van der Waals surface area contributed by atoms with Gasteiger partial charge in [-0.3, -0.25) is 0 Å². The Morgan fingerprint density at radius 2 is 2.21 bits per heavy atom. The number of hydrogen-bond donors (Lipinski definition) is 1. The number of carboxylic acids is 1. The van der Waals surface area contributed by atoms with Crippen LogP contribution < -0.4 is 0 Å². The van der Waals surface area contributed by atoms with Crippen molar-refractivity contribution in [1.82, 2.24) is 15.0 Å². The highest BCUT2D eigenvalue weighted by molar-refractivity contribution is 5.86. The number of aromatic nitrogens is 3. The first kappa shape index (κ1) is 13.1. The summed E-state index contributed by atoms with van der Waals surface area (Å²) in [6.45, 7) is 1.93. The molecule has 5 nitrogen and oxygen atoms in total. The van der Waals surface area contributed by atoms with Crippen molar-refractivity contribution < 1.29 is 18.7 Å². The number of aromatic carboxylic acids is 1. The van der Waals surface area contributed by atoms with Crippen molar-refractivity contribution in [3.8, 4) is 0 Å². The molecule has 1 heterocycles. The minimum atomic E-state index is -2.94. The van der Waals surface area contributed by atoms with Gasteiger partial charge in [-0.1, -0.05) is 35.0 Å². The van der Waals surface area contributed by atoms with Crippen LogP contribution in [0.2, 0.25) is 0 Å². The standard InChI is InChI=1S/C12H11F2N3O2/c1-7-3-2-4-8(5-7)6-17-10(11(13)14)9(12(18)19)15-16-17/h2-5,11H,6H2,1H3,(H,18,19). The second kappa shape index (κ2) is 5.13. The van der Waals surface area contributed by atoms with Gasteiger partial charge in [0.05, 0.1) is 6.54 Å². The molecule has 2 rings (SSSR count). The third-order valence-electron chi connectivity index (χ3n) is 2.60. The van der Waals surface area contributed by atoms with E-state index in [9.17, 15) is 13.6 Å². The molecule has 2 aromatic rings. The number of rotatable bonds is 4. The summed E-state index contributed by atoms with van der Waals surface area (Å²) in [4.78, 5) is 10.8. The van der Waals surface area contributed by atoms with E-state index in [-0.39, 0.29) is 6.54 Å². The van der Waals surface area contributed by atoms with E-state index in [1.807, 2.05) is 19.1 Å². The number of hydrogen-bond acceptors (Lipinski definition) is 3. The topological polar surface area (TPSA) is 68.0 Å². The van der Waals surface area contributed by atoms with Crippen LogP contribution in [0.25, 0.3) is 0 Å². The quantitative estimate of drug-likeness (QED) is 0.922. The Hall–Kier alpha value is -2.31. The maximum Gasteiger partial charge on any atom is 0.358 e. The summed E-state index contributed by atoms with van der Waals surface area (Å²) in [5.41, 5.74) is 0.357. The van der Waals surface area contributed by atoms with E-state index in [1.54, 1.807) is 12.1 Å². The molecule has 1 N–H and O–H groups in total. The summed E-state index contributed by atoms with van der Waals surface area (Å²) >= 11 is 0. The smallest absolute Gasteiger partial charge is 0.358 e. The molecule has 0 unspecified atom stereocenters. The van der Waals surface area contributed by atoms with Crippen LogP contribution in [-0.4, -0.2) is 26.1 Å². The van der Waals surface area contributed by atoms with E-state index in [0.717, 1.165) is 15.8 Å². The Morgan fingerprint density at radius 1 is 1.47 bits per heavy atom. The summed E-state index contributed by atoms with van der Waals surface area (Å²) in [5.74, 6) is -1.51. The number of aryl methyl sites for hydroxylation is 1. The summed E-state index contributed by atoms with van der Waals surface area (Å²) < 4.78 is 26.7. The average Bonchev–Trinajstić information content (AvgIpc) is 2.73. The minimum Gasteiger partial charge on any atom is -0.476 e. The fourth-order valence-electron chi connectivity index (χ4n) is 1.79. The normalized spacial score (nSPS) is 10.9. The maximum atomic E-state index is 12.9. The van der Waals surface area contributed by atoms with Crippen molar-refractivity contribution in [2.75, 3.05) is 0 Å². The molecule has 0 amide bonds. The molecular weight excluding hydrogens is 256 g/mol. The molecule has 0 radical (unpaired) electrons. The molecular formula is C12H11F2N3O2. The van der Waals surface area contributed by atoms with E-state index >= 15 is 0 Å². The molecule has 0 aliphatic rings. The predicted octanol–water partition coefficient (Wildman–Crippen LogP) is 2.27. The van der Waals surface area contributed by atoms with Gasteiger partial charge in [-0.15, -0.1) is 5.10 Å². The second-order valence-corrected chi connectivity index (χ2v) is 4.08. The molecule has 0 aliphatic heterocycles. The molecule has 0 atom stereocenters. The van der Waals surface area contributed by atoms with E-state index in [0.29, 0.717) is 0 Å². The summed E-state index contributed by atoms with van der Waals surface area (Å²) in [5, 5.41) is 15.6. The molecule has 19 heavy (non-hydrogen) atoms. The second-order valence-electron chi connectivity index (χ2n) is 4.08. The highest BCUT2D eigenvalue weighted by Crippen LogP contribution is 2.22. The number of benzene rings is 1. The highest BCUT2D eigenvalue weighted by atomic mass is 19.3.